The SMILES string of the molecule is CCOc1ccc(S(=O)(=O)N(CC(=O)N(Cc2ccc(Cl)cc2)C(CC)C(=O)NC(C)(C)C)c2ccccc2)cc1. The van der Waals surface area contributed by atoms with E-state index in [0.29, 0.717) is 29.5 Å². The second kappa shape index (κ2) is 13.9. The van der Waals surface area contributed by atoms with Crippen LogP contribution in [0.4, 0.5) is 5.69 Å². The second-order valence-corrected chi connectivity index (χ2v) is 12.9. The largest absolute Gasteiger partial charge is 0.494 e. The molecule has 0 aromatic heterocycles. The molecule has 0 fully saturated rings. The number of sulfonamides is 1. The highest BCUT2D eigenvalue weighted by Gasteiger charge is 2.34. The number of rotatable bonds is 12. The molecule has 0 saturated carbocycles. The number of carbonyl (C=O) groups is 2. The molecule has 8 nitrogen and oxygen atoms in total. The number of amides is 2. The molecule has 0 spiro atoms. The lowest BCUT2D eigenvalue weighted by Gasteiger charge is -2.34. The van der Waals surface area contributed by atoms with Crippen molar-refractivity contribution >= 4 is 39.1 Å². The van der Waals surface area contributed by atoms with Gasteiger partial charge in [-0.05, 0) is 88.2 Å². The molecular formula is C31H38ClN3O5S. The lowest BCUT2D eigenvalue weighted by atomic mass is 10.1. The molecule has 41 heavy (non-hydrogen) atoms. The van der Waals surface area contributed by atoms with E-state index in [1.165, 1.54) is 17.0 Å². The van der Waals surface area contributed by atoms with Crippen molar-refractivity contribution in [3.63, 3.8) is 0 Å². The Morgan fingerprint density at radius 1 is 0.927 bits per heavy atom. The van der Waals surface area contributed by atoms with Gasteiger partial charge in [0.05, 0.1) is 17.2 Å². The Balaban J connectivity index is 2.03. The van der Waals surface area contributed by atoms with Crippen LogP contribution in [0.25, 0.3) is 0 Å². The normalized spacial score (nSPS) is 12.3. The molecular weight excluding hydrogens is 562 g/mol. The van der Waals surface area contributed by atoms with E-state index in [4.69, 9.17) is 16.3 Å². The fourth-order valence-electron chi connectivity index (χ4n) is 4.28. The molecule has 0 aliphatic rings. The van der Waals surface area contributed by atoms with E-state index in [0.717, 1.165) is 9.87 Å². The minimum absolute atomic E-state index is 0.0133. The van der Waals surface area contributed by atoms with Gasteiger partial charge in [-0.25, -0.2) is 8.42 Å². The summed E-state index contributed by atoms with van der Waals surface area (Å²) < 4.78 is 34.4. The van der Waals surface area contributed by atoms with Gasteiger partial charge in [-0.2, -0.15) is 0 Å². The Morgan fingerprint density at radius 2 is 1.54 bits per heavy atom. The van der Waals surface area contributed by atoms with E-state index in [1.807, 2.05) is 34.6 Å². The van der Waals surface area contributed by atoms with E-state index in [2.05, 4.69) is 5.32 Å². The Kier molecular flexibility index (Phi) is 10.8. The predicted octanol–water partition coefficient (Wildman–Crippen LogP) is 5.66. The summed E-state index contributed by atoms with van der Waals surface area (Å²) in [7, 11) is -4.16. The summed E-state index contributed by atoms with van der Waals surface area (Å²) in [6.45, 7) is 9.29. The summed E-state index contributed by atoms with van der Waals surface area (Å²) in [5.74, 6) is -0.296. The maximum Gasteiger partial charge on any atom is 0.264 e. The minimum Gasteiger partial charge on any atom is -0.494 e. The molecule has 0 bridgehead atoms. The van der Waals surface area contributed by atoms with Crippen LogP contribution in [0.5, 0.6) is 5.75 Å². The van der Waals surface area contributed by atoms with E-state index >= 15 is 0 Å². The molecule has 0 heterocycles. The number of hydrogen-bond acceptors (Lipinski definition) is 5. The third-order valence-electron chi connectivity index (χ3n) is 6.20. The van der Waals surface area contributed by atoms with Gasteiger partial charge in [0.25, 0.3) is 10.0 Å². The first-order valence-electron chi connectivity index (χ1n) is 13.5. The molecule has 220 valence electrons. The fraction of sp³-hybridized carbons (Fsp3) is 0.355. The first kappa shape index (κ1) is 32.0. The topological polar surface area (TPSA) is 96.0 Å². The molecule has 1 atom stereocenters. The van der Waals surface area contributed by atoms with Crippen molar-refractivity contribution in [2.75, 3.05) is 17.5 Å². The van der Waals surface area contributed by atoms with E-state index in [-0.39, 0.29) is 17.3 Å². The molecule has 3 aromatic carbocycles. The van der Waals surface area contributed by atoms with Crippen LogP contribution in [0.15, 0.2) is 83.8 Å². The Bertz CT molecular complexity index is 1410. The van der Waals surface area contributed by atoms with Gasteiger partial charge in [-0.3, -0.25) is 13.9 Å². The molecule has 1 N–H and O–H groups in total. The minimum atomic E-state index is -4.16. The molecule has 3 aromatic rings. The van der Waals surface area contributed by atoms with Gasteiger partial charge >= 0.3 is 0 Å². The molecule has 3 rings (SSSR count). The van der Waals surface area contributed by atoms with Crippen molar-refractivity contribution in [1.29, 1.82) is 0 Å². The van der Waals surface area contributed by atoms with E-state index in [1.54, 1.807) is 66.7 Å². The lowest BCUT2D eigenvalue weighted by molar-refractivity contribution is -0.141. The van der Waals surface area contributed by atoms with Crippen LogP contribution in [0.3, 0.4) is 0 Å². The van der Waals surface area contributed by atoms with Gasteiger partial charge in [-0.1, -0.05) is 48.9 Å². The molecule has 0 radical (unpaired) electrons. The zero-order valence-electron chi connectivity index (χ0n) is 24.1. The van der Waals surface area contributed by atoms with E-state index in [9.17, 15) is 18.0 Å². The molecule has 0 aliphatic carbocycles. The Morgan fingerprint density at radius 3 is 2.07 bits per heavy atom. The highest BCUT2D eigenvalue weighted by Crippen LogP contribution is 2.26. The van der Waals surface area contributed by atoms with Crippen molar-refractivity contribution in [3.05, 3.63) is 89.4 Å². The standard InChI is InChI=1S/C31H38ClN3O5S/c1-6-28(30(37)33-31(3,4)5)34(21-23-13-15-24(32)16-14-23)29(36)22-35(25-11-9-8-10-12-25)41(38,39)27-19-17-26(18-20-27)40-7-2/h8-20,28H,6-7,21-22H2,1-5H3,(H,33,37). The van der Waals surface area contributed by atoms with Crippen molar-refractivity contribution in [3.8, 4) is 5.75 Å². The van der Waals surface area contributed by atoms with Crippen molar-refractivity contribution in [2.24, 2.45) is 0 Å². The summed E-state index contributed by atoms with van der Waals surface area (Å²) in [5.41, 5.74) is 0.561. The quantitative estimate of drug-likeness (QED) is 0.290. The van der Waals surface area contributed by atoms with Crippen molar-refractivity contribution < 1.29 is 22.7 Å². The highest BCUT2D eigenvalue weighted by atomic mass is 35.5. The maximum atomic E-state index is 14.1. The number of carbonyl (C=O) groups excluding carboxylic acids is 2. The van der Waals surface area contributed by atoms with Crippen LogP contribution >= 0.6 is 11.6 Å². The number of nitrogens with one attached hydrogen (secondary N) is 1. The number of anilines is 1. The summed E-state index contributed by atoms with van der Waals surface area (Å²) in [6, 6.07) is 20.7. The monoisotopic (exact) mass is 599 g/mol. The van der Waals surface area contributed by atoms with Gasteiger partial charge in [0, 0.05) is 17.1 Å². The Hall–Kier alpha value is -3.56. The van der Waals surface area contributed by atoms with Crippen LogP contribution in [-0.4, -0.2) is 49.9 Å². The number of halogens is 1. The zero-order chi connectivity index (χ0) is 30.2. The molecule has 10 heteroatoms. The van der Waals surface area contributed by atoms with Gasteiger partial charge in [0.2, 0.25) is 11.8 Å². The predicted molar refractivity (Wildman–Crippen MR) is 163 cm³/mol. The number of ether oxygens (including phenoxy) is 1. The van der Waals surface area contributed by atoms with E-state index < -0.39 is 34.1 Å². The summed E-state index contributed by atoms with van der Waals surface area (Å²) in [5, 5.41) is 3.50. The average Bonchev–Trinajstić information content (AvgIpc) is 2.92. The number of hydrogen-bond donors (Lipinski definition) is 1. The first-order valence-corrected chi connectivity index (χ1v) is 15.3. The van der Waals surface area contributed by atoms with Gasteiger partial charge in [0.1, 0.15) is 18.3 Å². The van der Waals surface area contributed by atoms with Crippen LogP contribution < -0.4 is 14.4 Å². The van der Waals surface area contributed by atoms with Gasteiger partial charge < -0.3 is 15.0 Å². The molecule has 1 unspecified atom stereocenters. The first-order chi connectivity index (χ1) is 19.4. The van der Waals surface area contributed by atoms with Gasteiger partial charge in [0.15, 0.2) is 0 Å². The zero-order valence-corrected chi connectivity index (χ0v) is 25.7. The number of nitrogens with zero attached hydrogens (tertiary/aromatic N) is 2. The highest BCUT2D eigenvalue weighted by molar-refractivity contribution is 7.92. The van der Waals surface area contributed by atoms with Crippen LogP contribution in [-0.2, 0) is 26.2 Å². The third-order valence-corrected chi connectivity index (χ3v) is 8.24. The van der Waals surface area contributed by atoms with Crippen molar-refractivity contribution in [2.45, 2.75) is 64.1 Å². The lowest BCUT2D eigenvalue weighted by Crippen LogP contribution is -2.55. The second-order valence-electron chi connectivity index (χ2n) is 10.6. The number of para-hydroxylation sites is 1. The van der Waals surface area contributed by atoms with Gasteiger partial charge in [-0.15, -0.1) is 0 Å². The van der Waals surface area contributed by atoms with Crippen molar-refractivity contribution in [1.82, 2.24) is 10.2 Å². The molecule has 2 amide bonds. The molecule has 0 aliphatic heterocycles. The summed E-state index contributed by atoms with van der Waals surface area (Å²) in [4.78, 5) is 28.9. The summed E-state index contributed by atoms with van der Waals surface area (Å²) in [6.07, 6.45) is 0.332. The average molecular weight is 600 g/mol. The molecule has 0 saturated heterocycles. The van der Waals surface area contributed by atoms with Crippen LogP contribution in [0.2, 0.25) is 5.02 Å². The third kappa shape index (κ3) is 8.71. The smallest absolute Gasteiger partial charge is 0.264 e. The van der Waals surface area contributed by atoms with Crippen LogP contribution in [0.1, 0.15) is 46.6 Å². The Labute approximate surface area is 248 Å². The fourth-order valence-corrected chi connectivity index (χ4v) is 5.82. The number of benzene rings is 3. The summed E-state index contributed by atoms with van der Waals surface area (Å²) >= 11 is 6.07. The van der Waals surface area contributed by atoms with Crippen LogP contribution in [0, 0.1) is 0 Å². The maximum absolute atomic E-state index is 14.1.